The van der Waals surface area contributed by atoms with Crippen LogP contribution in [-0.2, 0) is 0 Å². The van der Waals surface area contributed by atoms with E-state index in [1.807, 2.05) is 24.3 Å². The molecule has 1 nitrogen and oxygen atoms in total. The van der Waals surface area contributed by atoms with E-state index >= 15 is 0 Å². The highest BCUT2D eigenvalue weighted by atomic mass is 32.1. The molecule has 2 rings (SSSR count). The lowest BCUT2D eigenvalue weighted by molar-refractivity contribution is 0.101. The number of hydrogen-bond donors (Lipinski definition) is 0. The van der Waals surface area contributed by atoms with Crippen LogP contribution in [0.4, 0.5) is 0 Å². The Bertz CT molecular complexity index is 497. The summed E-state index contributed by atoms with van der Waals surface area (Å²) in [6, 6.07) is 9.85. The lowest BCUT2D eigenvalue weighted by Crippen LogP contribution is -1.94. The molecule has 0 radical (unpaired) electrons. The minimum atomic E-state index is 0.124. The molecule has 0 saturated heterocycles. The summed E-state index contributed by atoms with van der Waals surface area (Å²) in [6.07, 6.45) is 0. The lowest BCUT2D eigenvalue weighted by atomic mass is 10.0. The van der Waals surface area contributed by atoms with Crippen LogP contribution >= 0.6 is 11.3 Å². The summed E-state index contributed by atoms with van der Waals surface area (Å²) in [4.78, 5) is 12.7. The second-order valence-electron chi connectivity index (χ2n) is 3.53. The molecule has 0 atom stereocenters. The van der Waals surface area contributed by atoms with Crippen molar-refractivity contribution in [2.24, 2.45) is 0 Å². The van der Waals surface area contributed by atoms with Gasteiger partial charge in [-0.1, -0.05) is 24.3 Å². The maximum Gasteiger partial charge on any atom is 0.160 e. The third-order valence-electron chi connectivity index (χ3n) is 2.41. The van der Waals surface area contributed by atoms with Crippen molar-refractivity contribution in [2.45, 2.75) is 13.8 Å². The fraction of sp³-hybridized carbons (Fsp3) is 0.154. The van der Waals surface area contributed by atoms with Crippen molar-refractivity contribution >= 4 is 17.1 Å². The van der Waals surface area contributed by atoms with Crippen LogP contribution in [0.2, 0.25) is 0 Å². The van der Waals surface area contributed by atoms with Crippen molar-refractivity contribution in [3.05, 3.63) is 46.8 Å². The van der Waals surface area contributed by atoms with Crippen LogP contribution in [0.5, 0.6) is 0 Å². The molecule has 1 aromatic carbocycles. The van der Waals surface area contributed by atoms with Crippen LogP contribution in [0.3, 0.4) is 0 Å². The first-order valence-corrected chi connectivity index (χ1v) is 5.72. The first-order valence-electron chi connectivity index (χ1n) is 4.84. The highest BCUT2D eigenvalue weighted by Gasteiger charge is 2.10. The van der Waals surface area contributed by atoms with Crippen LogP contribution in [0.1, 0.15) is 22.8 Å². The van der Waals surface area contributed by atoms with Gasteiger partial charge in [0.1, 0.15) is 0 Å². The number of carbonyl (C=O) groups is 1. The third-order valence-corrected chi connectivity index (χ3v) is 3.46. The standard InChI is InChI=1S/C13H12OS/c1-9-7-8-15-13(9)12-6-4-3-5-11(12)10(2)14/h3-8H,1-2H3. The zero-order valence-corrected chi connectivity index (χ0v) is 9.60. The van der Waals surface area contributed by atoms with E-state index in [0.717, 1.165) is 11.1 Å². The largest absolute Gasteiger partial charge is 0.294 e. The van der Waals surface area contributed by atoms with E-state index in [-0.39, 0.29) is 5.78 Å². The molecule has 0 aliphatic rings. The van der Waals surface area contributed by atoms with Gasteiger partial charge >= 0.3 is 0 Å². The summed E-state index contributed by atoms with van der Waals surface area (Å²) < 4.78 is 0. The van der Waals surface area contributed by atoms with Crippen LogP contribution < -0.4 is 0 Å². The smallest absolute Gasteiger partial charge is 0.160 e. The Morgan fingerprint density at radius 1 is 1.20 bits per heavy atom. The maximum atomic E-state index is 11.5. The van der Waals surface area contributed by atoms with Crippen LogP contribution in [0.15, 0.2) is 35.7 Å². The van der Waals surface area contributed by atoms with Gasteiger partial charge in [0, 0.05) is 16.0 Å². The van der Waals surface area contributed by atoms with Gasteiger partial charge in [-0.2, -0.15) is 0 Å². The molecule has 0 fully saturated rings. The summed E-state index contributed by atoms with van der Waals surface area (Å²) in [7, 11) is 0. The van der Waals surface area contributed by atoms with Gasteiger partial charge in [-0.25, -0.2) is 0 Å². The number of thiophene rings is 1. The molecule has 0 bridgehead atoms. The molecule has 1 heterocycles. The molecule has 15 heavy (non-hydrogen) atoms. The summed E-state index contributed by atoms with van der Waals surface area (Å²) in [5.74, 6) is 0.124. The number of rotatable bonds is 2. The van der Waals surface area contributed by atoms with Gasteiger partial charge in [0.25, 0.3) is 0 Å². The van der Waals surface area contributed by atoms with Gasteiger partial charge in [-0.3, -0.25) is 4.79 Å². The molecular formula is C13H12OS. The molecule has 0 N–H and O–H groups in total. The van der Waals surface area contributed by atoms with Gasteiger partial charge in [0.2, 0.25) is 0 Å². The Balaban J connectivity index is 2.63. The summed E-state index contributed by atoms with van der Waals surface area (Å²) >= 11 is 1.68. The zero-order valence-electron chi connectivity index (χ0n) is 8.78. The number of carbonyl (C=O) groups excluding carboxylic acids is 1. The van der Waals surface area contributed by atoms with Crippen molar-refractivity contribution in [3.63, 3.8) is 0 Å². The molecule has 1 aromatic heterocycles. The van der Waals surface area contributed by atoms with E-state index in [9.17, 15) is 4.79 Å². The second-order valence-corrected chi connectivity index (χ2v) is 4.45. The molecule has 76 valence electrons. The minimum absolute atomic E-state index is 0.124. The van der Waals surface area contributed by atoms with Gasteiger partial charge < -0.3 is 0 Å². The van der Waals surface area contributed by atoms with E-state index in [1.54, 1.807) is 18.3 Å². The highest BCUT2D eigenvalue weighted by Crippen LogP contribution is 2.31. The number of Topliss-reactive ketones (excluding diaryl/α,β-unsaturated/α-hetero) is 1. The summed E-state index contributed by atoms with van der Waals surface area (Å²) in [5.41, 5.74) is 3.09. The van der Waals surface area contributed by atoms with E-state index in [2.05, 4.69) is 18.4 Å². The molecule has 0 unspecified atom stereocenters. The Hall–Kier alpha value is -1.41. The predicted octanol–water partition coefficient (Wildman–Crippen LogP) is 3.93. The molecule has 2 heteroatoms. The van der Waals surface area contributed by atoms with Gasteiger partial charge in [-0.15, -0.1) is 11.3 Å². The van der Waals surface area contributed by atoms with E-state index < -0.39 is 0 Å². The Labute approximate surface area is 93.4 Å². The lowest BCUT2D eigenvalue weighted by Gasteiger charge is -2.05. The number of aryl methyl sites for hydroxylation is 1. The Kier molecular flexibility index (Phi) is 2.69. The quantitative estimate of drug-likeness (QED) is 0.695. The first-order chi connectivity index (χ1) is 7.20. The van der Waals surface area contributed by atoms with E-state index in [1.165, 1.54) is 10.4 Å². The molecule has 0 saturated carbocycles. The number of hydrogen-bond acceptors (Lipinski definition) is 2. The summed E-state index contributed by atoms with van der Waals surface area (Å²) in [5, 5.41) is 2.06. The molecular weight excluding hydrogens is 204 g/mol. The predicted molar refractivity (Wildman–Crippen MR) is 64.5 cm³/mol. The molecule has 0 aliphatic heterocycles. The Morgan fingerprint density at radius 2 is 1.93 bits per heavy atom. The van der Waals surface area contributed by atoms with Gasteiger partial charge in [0.05, 0.1) is 0 Å². The van der Waals surface area contributed by atoms with Crippen molar-refractivity contribution in [3.8, 4) is 10.4 Å². The first kappa shape index (κ1) is 10.1. The van der Waals surface area contributed by atoms with Crippen molar-refractivity contribution in [1.82, 2.24) is 0 Å². The fourth-order valence-electron chi connectivity index (χ4n) is 1.64. The minimum Gasteiger partial charge on any atom is -0.294 e. The zero-order chi connectivity index (χ0) is 10.8. The van der Waals surface area contributed by atoms with Gasteiger partial charge in [0.15, 0.2) is 5.78 Å². The monoisotopic (exact) mass is 216 g/mol. The molecule has 0 amide bonds. The van der Waals surface area contributed by atoms with Crippen molar-refractivity contribution in [2.75, 3.05) is 0 Å². The molecule has 0 spiro atoms. The number of benzene rings is 1. The van der Waals surface area contributed by atoms with Crippen molar-refractivity contribution in [1.29, 1.82) is 0 Å². The van der Waals surface area contributed by atoms with E-state index in [4.69, 9.17) is 0 Å². The maximum absolute atomic E-state index is 11.5. The normalized spacial score (nSPS) is 10.3. The topological polar surface area (TPSA) is 17.1 Å². The fourth-order valence-corrected chi connectivity index (χ4v) is 2.60. The highest BCUT2D eigenvalue weighted by molar-refractivity contribution is 7.13. The van der Waals surface area contributed by atoms with Crippen LogP contribution in [0.25, 0.3) is 10.4 Å². The SMILES string of the molecule is CC(=O)c1ccccc1-c1sccc1C. The molecule has 2 aromatic rings. The average Bonchev–Trinajstić information content (AvgIpc) is 2.64. The number of ketones is 1. The Morgan fingerprint density at radius 3 is 2.53 bits per heavy atom. The third kappa shape index (κ3) is 1.85. The van der Waals surface area contributed by atoms with Crippen LogP contribution in [-0.4, -0.2) is 5.78 Å². The molecule has 0 aliphatic carbocycles. The average molecular weight is 216 g/mol. The van der Waals surface area contributed by atoms with Gasteiger partial charge in [-0.05, 0) is 30.9 Å². The van der Waals surface area contributed by atoms with Crippen LogP contribution in [0, 0.1) is 6.92 Å². The van der Waals surface area contributed by atoms with E-state index in [0.29, 0.717) is 0 Å². The van der Waals surface area contributed by atoms with Crippen molar-refractivity contribution < 1.29 is 4.79 Å². The summed E-state index contributed by atoms with van der Waals surface area (Å²) in [6.45, 7) is 3.69. The second kappa shape index (κ2) is 3.99.